The van der Waals surface area contributed by atoms with Crippen LogP contribution in [0.3, 0.4) is 0 Å². The fourth-order valence-corrected chi connectivity index (χ4v) is 2.20. The number of hydrogen-bond acceptors (Lipinski definition) is 4. The van der Waals surface area contributed by atoms with Crippen LogP contribution in [0.25, 0.3) is 0 Å². The van der Waals surface area contributed by atoms with Gasteiger partial charge in [-0.2, -0.15) is 0 Å². The fraction of sp³-hybridized carbons (Fsp3) is 0.533. The van der Waals surface area contributed by atoms with Gasteiger partial charge in [0.1, 0.15) is 0 Å². The lowest BCUT2D eigenvalue weighted by molar-refractivity contribution is -0.385. The van der Waals surface area contributed by atoms with E-state index in [4.69, 9.17) is 0 Å². The fourth-order valence-electron chi connectivity index (χ4n) is 2.20. The van der Waals surface area contributed by atoms with Crippen molar-refractivity contribution in [2.75, 3.05) is 11.9 Å². The van der Waals surface area contributed by atoms with Gasteiger partial charge in [-0.25, -0.2) is 0 Å². The number of carboxylic acid groups (broad SMARTS) is 1. The summed E-state index contributed by atoms with van der Waals surface area (Å²) in [5.74, 6) is -1.34. The minimum absolute atomic E-state index is 0.0602. The molecule has 0 fully saturated rings. The molecule has 1 atom stereocenters. The Morgan fingerprint density at radius 1 is 1.43 bits per heavy atom. The van der Waals surface area contributed by atoms with Crippen molar-refractivity contribution in [1.82, 2.24) is 0 Å². The first-order valence-corrected chi connectivity index (χ1v) is 6.82. The van der Waals surface area contributed by atoms with E-state index in [2.05, 4.69) is 5.32 Å². The standard InChI is InChI=1S/C15H22N2O4/c1-10-7-12(5-6-13(10)17(20)21)16-9-11(14(18)19)8-15(2,3)4/h5-7,11,16H,8-9H2,1-4H3,(H,18,19). The maximum absolute atomic E-state index is 11.3. The minimum atomic E-state index is -0.837. The molecule has 0 bridgehead atoms. The predicted molar refractivity (Wildman–Crippen MR) is 81.5 cm³/mol. The van der Waals surface area contributed by atoms with Crippen LogP contribution in [0.5, 0.6) is 0 Å². The van der Waals surface area contributed by atoms with Crippen LogP contribution < -0.4 is 5.32 Å². The number of hydrogen-bond donors (Lipinski definition) is 2. The van der Waals surface area contributed by atoms with Crippen LogP contribution >= 0.6 is 0 Å². The van der Waals surface area contributed by atoms with Gasteiger partial charge in [-0.05, 0) is 30.9 Å². The molecular weight excluding hydrogens is 272 g/mol. The molecule has 21 heavy (non-hydrogen) atoms. The molecule has 2 N–H and O–H groups in total. The molecule has 0 amide bonds. The summed E-state index contributed by atoms with van der Waals surface area (Å²) in [6.07, 6.45) is 0.557. The molecular formula is C15H22N2O4. The second-order valence-corrected chi connectivity index (χ2v) is 6.44. The van der Waals surface area contributed by atoms with Gasteiger partial charge in [-0.15, -0.1) is 0 Å². The molecule has 6 heteroatoms. The first-order chi connectivity index (χ1) is 9.60. The van der Waals surface area contributed by atoms with E-state index in [0.29, 0.717) is 24.2 Å². The van der Waals surface area contributed by atoms with Crippen molar-refractivity contribution in [1.29, 1.82) is 0 Å². The number of nitrogens with zero attached hydrogens (tertiary/aromatic N) is 1. The van der Waals surface area contributed by atoms with Gasteiger partial charge in [0.15, 0.2) is 0 Å². The maximum atomic E-state index is 11.3. The molecule has 0 aromatic heterocycles. The largest absolute Gasteiger partial charge is 0.481 e. The van der Waals surface area contributed by atoms with Crippen molar-refractivity contribution < 1.29 is 14.8 Å². The second-order valence-electron chi connectivity index (χ2n) is 6.44. The number of aryl methyl sites for hydroxylation is 1. The highest BCUT2D eigenvalue weighted by Gasteiger charge is 2.24. The Labute approximate surface area is 124 Å². The van der Waals surface area contributed by atoms with Crippen molar-refractivity contribution in [2.45, 2.75) is 34.1 Å². The number of carbonyl (C=O) groups is 1. The number of benzene rings is 1. The average molecular weight is 294 g/mol. The predicted octanol–water partition coefficient (Wildman–Crippen LogP) is 3.45. The number of nitro groups is 1. The smallest absolute Gasteiger partial charge is 0.308 e. The topological polar surface area (TPSA) is 92.5 Å². The number of carboxylic acids is 1. The van der Waals surface area contributed by atoms with E-state index in [9.17, 15) is 20.0 Å². The van der Waals surface area contributed by atoms with E-state index in [1.165, 1.54) is 6.07 Å². The van der Waals surface area contributed by atoms with Crippen LogP contribution in [0, 0.1) is 28.4 Å². The highest BCUT2D eigenvalue weighted by atomic mass is 16.6. The van der Waals surface area contributed by atoms with Gasteiger partial charge in [0.25, 0.3) is 5.69 Å². The highest BCUT2D eigenvalue weighted by Crippen LogP contribution is 2.26. The number of anilines is 1. The summed E-state index contributed by atoms with van der Waals surface area (Å²) in [5, 5.41) is 23.1. The molecule has 116 valence electrons. The first-order valence-electron chi connectivity index (χ1n) is 6.82. The van der Waals surface area contributed by atoms with Crippen LogP contribution in [0.2, 0.25) is 0 Å². The molecule has 0 aliphatic heterocycles. The number of nitrogens with one attached hydrogen (secondary N) is 1. The number of aliphatic carboxylic acids is 1. The lowest BCUT2D eigenvalue weighted by Crippen LogP contribution is -2.27. The summed E-state index contributed by atoms with van der Waals surface area (Å²) >= 11 is 0. The van der Waals surface area contributed by atoms with Gasteiger partial charge in [0.2, 0.25) is 0 Å². The number of nitro benzene ring substituents is 1. The molecule has 1 aromatic rings. The van der Waals surface area contributed by atoms with Gasteiger partial charge in [0.05, 0.1) is 10.8 Å². The summed E-state index contributed by atoms with van der Waals surface area (Å²) in [6, 6.07) is 4.69. The van der Waals surface area contributed by atoms with Crippen LogP contribution in [-0.4, -0.2) is 22.5 Å². The van der Waals surface area contributed by atoms with Crippen molar-refractivity contribution in [3.05, 3.63) is 33.9 Å². The average Bonchev–Trinajstić information content (AvgIpc) is 2.32. The summed E-state index contributed by atoms with van der Waals surface area (Å²) in [7, 11) is 0. The monoisotopic (exact) mass is 294 g/mol. The SMILES string of the molecule is Cc1cc(NCC(CC(C)(C)C)C(=O)O)ccc1[N+](=O)[O-]. The molecule has 0 radical (unpaired) electrons. The van der Waals surface area contributed by atoms with E-state index in [-0.39, 0.29) is 11.1 Å². The Kier molecular flexibility index (Phi) is 5.29. The van der Waals surface area contributed by atoms with Crippen LogP contribution in [-0.2, 0) is 4.79 Å². The first kappa shape index (κ1) is 16.9. The molecule has 1 aromatic carbocycles. The molecule has 0 saturated heterocycles. The Hall–Kier alpha value is -2.11. The Bertz CT molecular complexity index is 535. The Morgan fingerprint density at radius 2 is 2.05 bits per heavy atom. The third kappa shape index (κ3) is 5.41. The van der Waals surface area contributed by atoms with Gasteiger partial charge in [-0.3, -0.25) is 14.9 Å². The van der Waals surface area contributed by atoms with E-state index in [1.807, 2.05) is 20.8 Å². The summed E-state index contributed by atoms with van der Waals surface area (Å²) < 4.78 is 0. The zero-order valence-electron chi connectivity index (χ0n) is 12.8. The van der Waals surface area contributed by atoms with Gasteiger partial charge >= 0.3 is 5.97 Å². The molecule has 1 rings (SSSR count). The molecule has 0 aliphatic rings. The lowest BCUT2D eigenvalue weighted by Gasteiger charge is -2.23. The third-order valence-corrected chi connectivity index (χ3v) is 3.15. The molecule has 0 spiro atoms. The van der Waals surface area contributed by atoms with Crippen LogP contribution in [0.1, 0.15) is 32.8 Å². The van der Waals surface area contributed by atoms with Crippen LogP contribution in [0.15, 0.2) is 18.2 Å². The third-order valence-electron chi connectivity index (χ3n) is 3.15. The molecule has 0 saturated carbocycles. The molecule has 0 aliphatic carbocycles. The van der Waals surface area contributed by atoms with Crippen molar-refractivity contribution >= 4 is 17.3 Å². The van der Waals surface area contributed by atoms with Crippen molar-refractivity contribution in [3.63, 3.8) is 0 Å². The summed E-state index contributed by atoms with van der Waals surface area (Å²) in [5.41, 5.74) is 1.23. The number of rotatable bonds is 6. The highest BCUT2D eigenvalue weighted by molar-refractivity contribution is 5.71. The van der Waals surface area contributed by atoms with Gasteiger partial charge in [0, 0.05) is 23.9 Å². The van der Waals surface area contributed by atoms with Gasteiger partial charge in [-0.1, -0.05) is 20.8 Å². The Morgan fingerprint density at radius 3 is 2.48 bits per heavy atom. The van der Waals surface area contributed by atoms with Crippen molar-refractivity contribution in [3.8, 4) is 0 Å². The van der Waals surface area contributed by atoms with E-state index in [1.54, 1.807) is 19.1 Å². The maximum Gasteiger partial charge on any atom is 0.308 e. The quantitative estimate of drug-likeness (QED) is 0.619. The van der Waals surface area contributed by atoms with E-state index >= 15 is 0 Å². The van der Waals surface area contributed by atoms with E-state index in [0.717, 1.165) is 0 Å². The molecule has 1 unspecified atom stereocenters. The van der Waals surface area contributed by atoms with Gasteiger partial charge < -0.3 is 10.4 Å². The Balaban J connectivity index is 2.75. The zero-order chi connectivity index (χ0) is 16.2. The zero-order valence-corrected chi connectivity index (χ0v) is 12.8. The summed E-state index contributed by atoms with van der Waals surface area (Å²) in [6.45, 7) is 7.95. The normalized spacial score (nSPS) is 12.8. The molecule has 0 heterocycles. The summed E-state index contributed by atoms with van der Waals surface area (Å²) in [4.78, 5) is 21.6. The molecule has 6 nitrogen and oxygen atoms in total. The van der Waals surface area contributed by atoms with E-state index < -0.39 is 16.8 Å². The lowest BCUT2D eigenvalue weighted by atomic mass is 9.84. The minimum Gasteiger partial charge on any atom is -0.481 e. The second kappa shape index (κ2) is 6.56. The van der Waals surface area contributed by atoms with Crippen LogP contribution in [0.4, 0.5) is 11.4 Å². The van der Waals surface area contributed by atoms with Crippen molar-refractivity contribution in [2.24, 2.45) is 11.3 Å².